The predicted molar refractivity (Wildman–Crippen MR) is 104 cm³/mol. The van der Waals surface area contributed by atoms with Gasteiger partial charge < -0.3 is 4.74 Å². The van der Waals surface area contributed by atoms with Crippen LogP contribution in [-0.4, -0.2) is 46.6 Å². The number of amides is 1. The van der Waals surface area contributed by atoms with Gasteiger partial charge in [-0.05, 0) is 49.9 Å². The molecule has 1 amide bonds. The summed E-state index contributed by atoms with van der Waals surface area (Å²) in [7, 11) is 0. The molecule has 0 bridgehead atoms. The number of anilines is 1. The minimum atomic E-state index is -4.35. The van der Waals surface area contributed by atoms with Crippen LogP contribution in [0.25, 0.3) is 0 Å². The molecule has 1 N–H and O–H groups in total. The predicted octanol–water partition coefficient (Wildman–Crippen LogP) is 4.62. The lowest BCUT2D eigenvalue weighted by atomic mass is 10.2. The zero-order valence-electron chi connectivity index (χ0n) is 15.3. The zero-order valence-corrected chi connectivity index (χ0v) is 17.0. The van der Waals surface area contributed by atoms with Gasteiger partial charge in [-0.15, -0.1) is 11.3 Å². The second kappa shape index (κ2) is 8.81. The van der Waals surface area contributed by atoms with Crippen molar-refractivity contribution in [1.29, 1.82) is 0 Å². The Morgan fingerprint density at radius 3 is 2.54 bits per heavy atom. The summed E-state index contributed by atoms with van der Waals surface area (Å²) in [6.07, 6.45) is 0.333. The molecule has 3 rings (SSSR count). The Morgan fingerprint density at radius 1 is 1.29 bits per heavy atom. The largest absolute Gasteiger partial charge is 0.446 e. The van der Waals surface area contributed by atoms with Gasteiger partial charge in [-0.2, -0.15) is 13.2 Å². The standard InChI is InChI=1S/C18H20F3N3O2S2/c1-11-7-24(8-12(2)26-11)9-14-10-27-17(22-14)23-16(25)13-3-5-15(6-4-13)28-18(19,20)21/h3-6,10-12H,7-9H2,1-2H3,(H,22,23,25)/t11-,12+. The number of hydrogen-bond donors (Lipinski definition) is 1. The van der Waals surface area contributed by atoms with Gasteiger partial charge in [0.15, 0.2) is 5.13 Å². The van der Waals surface area contributed by atoms with Gasteiger partial charge >= 0.3 is 5.51 Å². The molecular weight excluding hydrogens is 411 g/mol. The van der Waals surface area contributed by atoms with Crippen LogP contribution in [0.15, 0.2) is 34.5 Å². The second-order valence-corrected chi connectivity index (χ2v) is 8.62. The Kier molecular flexibility index (Phi) is 6.64. The molecule has 1 aliphatic rings. The molecule has 2 aromatic rings. The molecule has 1 aliphatic heterocycles. The van der Waals surface area contributed by atoms with Gasteiger partial charge in [-0.3, -0.25) is 15.0 Å². The van der Waals surface area contributed by atoms with Crippen LogP contribution in [0.4, 0.5) is 18.3 Å². The number of benzene rings is 1. The lowest BCUT2D eigenvalue weighted by Crippen LogP contribution is -2.44. The number of nitrogens with zero attached hydrogens (tertiary/aromatic N) is 2. The van der Waals surface area contributed by atoms with E-state index in [0.29, 0.717) is 11.7 Å². The molecule has 0 aliphatic carbocycles. The van der Waals surface area contributed by atoms with Crippen LogP contribution in [0.1, 0.15) is 29.9 Å². The van der Waals surface area contributed by atoms with Crippen LogP contribution < -0.4 is 5.32 Å². The first-order chi connectivity index (χ1) is 13.2. The molecule has 28 heavy (non-hydrogen) atoms. The first-order valence-corrected chi connectivity index (χ1v) is 10.4. The monoisotopic (exact) mass is 431 g/mol. The van der Waals surface area contributed by atoms with Crippen LogP contribution in [-0.2, 0) is 11.3 Å². The number of thioether (sulfide) groups is 1. The van der Waals surface area contributed by atoms with Crippen LogP contribution in [0, 0.1) is 0 Å². The highest BCUT2D eigenvalue weighted by atomic mass is 32.2. The topological polar surface area (TPSA) is 54.5 Å². The summed E-state index contributed by atoms with van der Waals surface area (Å²) >= 11 is 1.11. The SMILES string of the molecule is C[C@@H]1CN(Cc2csc(NC(=O)c3ccc(SC(F)(F)F)cc3)n2)C[C@H](C)O1. The quantitative estimate of drug-likeness (QED) is 0.701. The average Bonchev–Trinajstić information content (AvgIpc) is 2.99. The van der Waals surface area contributed by atoms with E-state index in [4.69, 9.17) is 4.74 Å². The van der Waals surface area contributed by atoms with E-state index < -0.39 is 11.4 Å². The molecule has 0 radical (unpaired) electrons. The number of rotatable bonds is 5. The number of alkyl halides is 3. The van der Waals surface area contributed by atoms with Crippen molar-refractivity contribution < 1.29 is 22.7 Å². The molecule has 5 nitrogen and oxygen atoms in total. The molecule has 2 heterocycles. The first-order valence-electron chi connectivity index (χ1n) is 8.67. The summed E-state index contributed by atoms with van der Waals surface area (Å²) in [5.74, 6) is -0.405. The summed E-state index contributed by atoms with van der Waals surface area (Å²) in [6.45, 7) is 6.40. The summed E-state index contributed by atoms with van der Waals surface area (Å²) in [6, 6.07) is 5.30. The van der Waals surface area contributed by atoms with Crippen LogP contribution in [0.2, 0.25) is 0 Å². The maximum atomic E-state index is 12.4. The third kappa shape index (κ3) is 6.20. The maximum Gasteiger partial charge on any atom is 0.446 e. The number of ether oxygens (including phenoxy) is 1. The Balaban J connectivity index is 1.56. The molecule has 1 fully saturated rings. The van der Waals surface area contributed by atoms with Gasteiger partial charge in [-0.25, -0.2) is 4.98 Å². The number of hydrogen-bond acceptors (Lipinski definition) is 6. The van der Waals surface area contributed by atoms with Crippen LogP contribution in [0.5, 0.6) is 0 Å². The van der Waals surface area contributed by atoms with Gasteiger partial charge in [0.25, 0.3) is 5.91 Å². The average molecular weight is 432 g/mol. The van der Waals surface area contributed by atoms with E-state index in [1.807, 2.05) is 19.2 Å². The highest BCUT2D eigenvalue weighted by Gasteiger charge is 2.29. The Morgan fingerprint density at radius 2 is 1.93 bits per heavy atom. The third-order valence-corrected chi connectivity index (χ3v) is 5.55. The number of thiazole rings is 1. The molecular formula is C18H20F3N3O2S2. The minimum Gasteiger partial charge on any atom is -0.373 e. The van der Waals surface area contributed by atoms with Crippen molar-refractivity contribution in [3.63, 3.8) is 0 Å². The maximum absolute atomic E-state index is 12.4. The van der Waals surface area contributed by atoms with Crippen molar-refractivity contribution in [3.8, 4) is 0 Å². The van der Waals surface area contributed by atoms with Crippen molar-refractivity contribution >= 4 is 34.1 Å². The third-order valence-electron chi connectivity index (χ3n) is 4.00. The van der Waals surface area contributed by atoms with E-state index in [1.165, 1.54) is 35.6 Å². The van der Waals surface area contributed by atoms with Gasteiger partial charge in [0.05, 0.1) is 17.9 Å². The second-order valence-electron chi connectivity index (χ2n) is 6.62. The number of halogens is 3. The molecule has 0 spiro atoms. The Bertz CT molecular complexity index is 801. The van der Waals surface area contributed by atoms with Gasteiger partial charge in [0.2, 0.25) is 0 Å². The van der Waals surface area contributed by atoms with Crippen LogP contribution in [0.3, 0.4) is 0 Å². The Hall–Kier alpha value is -1.62. The molecule has 1 aromatic heterocycles. The lowest BCUT2D eigenvalue weighted by Gasteiger charge is -2.34. The van der Waals surface area contributed by atoms with Crippen LogP contribution >= 0.6 is 23.1 Å². The van der Waals surface area contributed by atoms with E-state index >= 15 is 0 Å². The zero-order chi connectivity index (χ0) is 20.3. The van der Waals surface area contributed by atoms with Crippen molar-refractivity contribution in [3.05, 3.63) is 40.9 Å². The smallest absolute Gasteiger partial charge is 0.373 e. The normalized spacial score (nSPS) is 20.9. The van der Waals surface area contributed by atoms with Crippen molar-refractivity contribution in [2.75, 3.05) is 18.4 Å². The molecule has 1 aromatic carbocycles. The number of aromatic nitrogens is 1. The fourth-order valence-corrected chi connectivity index (χ4v) is 4.29. The molecule has 0 saturated carbocycles. The van der Waals surface area contributed by atoms with E-state index in [9.17, 15) is 18.0 Å². The Labute approximate surface area is 169 Å². The van der Waals surface area contributed by atoms with Crippen molar-refractivity contribution in [2.45, 2.75) is 43.0 Å². The molecule has 2 atom stereocenters. The minimum absolute atomic E-state index is 0.0366. The summed E-state index contributed by atoms with van der Waals surface area (Å²) in [4.78, 5) is 19.0. The lowest BCUT2D eigenvalue weighted by molar-refractivity contribution is -0.0707. The molecule has 152 valence electrons. The fraction of sp³-hybridized carbons (Fsp3) is 0.444. The molecule has 1 saturated heterocycles. The molecule has 10 heteroatoms. The first kappa shape index (κ1) is 21.1. The van der Waals surface area contributed by atoms with Crippen molar-refractivity contribution in [1.82, 2.24) is 9.88 Å². The fourth-order valence-electron chi connectivity index (χ4n) is 3.06. The van der Waals surface area contributed by atoms with E-state index in [2.05, 4.69) is 15.2 Å². The summed E-state index contributed by atoms with van der Waals surface area (Å²) < 4.78 is 42.8. The number of carbonyl (C=O) groups is 1. The number of carbonyl (C=O) groups excluding carboxylic acids is 1. The highest BCUT2D eigenvalue weighted by Crippen LogP contribution is 2.36. The molecule has 0 unspecified atom stereocenters. The van der Waals surface area contributed by atoms with Gasteiger partial charge in [0, 0.05) is 35.5 Å². The van der Waals surface area contributed by atoms with E-state index in [0.717, 1.165) is 18.8 Å². The van der Waals surface area contributed by atoms with E-state index in [1.54, 1.807) is 0 Å². The van der Waals surface area contributed by atoms with Gasteiger partial charge in [-0.1, -0.05) is 0 Å². The number of morpholine rings is 1. The van der Waals surface area contributed by atoms with E-state index in [-0.39, 0.29) is 34.4 Å². The summed E-state index contributed by atoms with van der Waals surface area (Å²) in [5, 5.41) is 5.05. The number of nitrogens with one attached hydrogen (secondary N) is 1. The van der Waals surface area contributed by atoms with Crippen molar-refractivity contribution in [2.24, 2.45) is 0 Å². The highest BCUT2D eigenvalue weighted by molar-refractivity contribution is 8.00. The van der Waals surface area contributed by atoms with Gasteiger partial charge in [0.1, 0.15) is 0 Å². The summed E-state index contributed by atoms with van der Waals surface area (Å²) in [5.41, 5.74) is -3.21.